The maximum Gasteiger partial charge on any atom is 0.261 e. The number of likely N-dealkylation sites (tertiary alicyclic amines) is 2. The number of amidine groups is 1. The molecular formula is C19H23N4O. The largest absolute Gasteiger partial charge is 0.357 e. The van der Waals surface area contributed by atoms with E-state index in [1.807, 2.05) is 36.4 Å². The van der Waals surface area contributed by atoms with Crippen LogP contribution in [-0.2, 0) is 0 Å². The molecule has 2 fully saturated rings. The van der Waals surface area contributed by atoms with Crippen molar-refractivity contribution in [2.24, 2.45) is 4.99 Å². The first-order valence-corrected chi connectivity index (χ1v) is 8.88. The van der Waals surface area contributed by atoms with Crippen LogP contribution in [0.3, 0.4) is 0 Å². The maximum atomic E-state index is 12.9. The molecule has 125 valence electrons. The Labute approximate surface area is 143 Å². The third-order valence-corrected chi connectivity index (χ3v) is 4.95. The van der Waals surface area contributed by atoms with Gasteiger partial charge < -0.3 is 4.90 Å². The molecule has 1 atom stereocenters. The van der Waals surface area contributed by atoms with Crippen LogP contribution in [0.15, 0.2) is 41.4 Å². The molecule has 3 aliphatic rings. The molecule has 0 aliphatic carbocycles. The number of amides is 1. The normalized spacial score (nSPS) is 24.5. The summed E-state index contributed by atoms with van der Waals surface area (Å²) >= 11 is 0. The first kappa shape index (κ1) is 15.4. The first-order valence-electron chi connectivity index (χ1n) is 8.88. The first-order chi connectivity index (χ1) is 11.8. The van der Waals surface area contributed by atoms with Crippen LogP contribution < -0.4 is 0 Å². The fourth-order valence-electron chi connectivity index (χ4n) is 3.63. The van der Waals surface area contributed by atoms with Gasteiger partial charge >= 0.3 is 0 Å². The third-order valence-electron chi connectivity index (χ3n) is 4.95. The van der Waals surface area contributed by atoms with Crippen molar-refractivity contribution in [3.05, 3.63) is 48.2 Å². The van der Waals surface area contributed by atoms with E-state index in [4.69, 9.17) is 4.99 Å². The zero-order valence-corrected chi connectivity index (χ0v) is 13.9. The van der Waals surface area contributed by atoms with E-state index in [0.717, 1.165) is 32.0 Å². The van der Waals surface area contributed by atoms with Gasteiger partial charge in [-0.2, -0.15) is 0 Å². The predicted octanol–water partition coefficient (Wildman–Crippen LogP) is 2.33. The molecule has 1 aromatic rings. The molecule has 5 nitrogen and oxygen atoms in total. The number of rotatable bonds is 2. The highest BCUT2D eigenvalue weighted by molar-refractivity contribution is 5.98. The van der Waals surface area contributed by atoms with Crippen molar-refractivity contribution in [3.8, 4) is 0 Å². The van der Waals surface area contributed by atoms with E-state index in [9.17, 15) is 4.79 Å². The molecule has 0 bridgehead atoms. The summed E-state index contributed by atoms with van der Waals surface area (Å²) in [6, 6.07) is 9.42. The topological polar surface area (TPSA) is 39.2 Å². The standard InChI is InChI=1S/C19H23N4O/c24-18(16-8-2-1-3-9-16)23-15-10-17(21-11-4-5-12-21)20-19(23)22-13-6-7-14-22/h1-3,8-10,19H,4-7,11-14H2. The molecule has 24 heavy (non-hydrogen) atoms. The highest BCUT2D eigenvalue weighted by Crippen LogP contribution is 2.23. The summed E-state index contributed by atoms with van der Waals surface area (Å²) in [6.45, 7) is 4.08. The summed E-state index contributed by atoms with van der Waals surface area (Å²) in [5.41, 5.74) is 0.683. The van der Waals surface area contributed by atoms with Crippen LogP contribution in [0.2, 0.25) is 0 Å². The molecule has 0 saturated carbocycles. The number of aliphatic imine (C=N–C) groups is 1. The van der Waals surface area contributed by atoms with Gasteiger partial charge in [-0.1, -0.05) is 18.2 Å². The predicted molar refractivity (Wildman–Crippen MR) is 93.3 cm³/mol. The van der Waals surface area contributed by atoms with Crippen LogP contribution in [0.4, 0.5) is 0 Å². The van der Waals surface area contributed by atoms with Gasteiger partial charge in [0.05, 0.1) is 6.20 Å². The molecular weight excluding hydrogens is 300 g/mol. The smallest absolute Gasteiger partial charge is 0.261 e. The van der Waals surface area contributed by atoms with Gasteiger partial charge in [0.2, 0.25) is 0 Å². The minimum atomic E-state index is -0.263. The molecule has 5 heteroatoms. The van der Waals surface area contributed by atoms with Gasteiger partial charge in [0.25, 0.3) is 5.91 Å². The Morgan fingerprint density at radius 2 is 1.67 bits per heavy atom. The lowest BCUT2D eigenvalue weighted by molar-refractivity contribution is 0.0536. The summed E-state index contributed by atoms with van der Waals surface area (Å²) in [5, 5.41) is 0. The zero-order chi connectivity index (χ0) is 16.4. The summed E-state index contributed by atoms with van der Waals surface area (Å²) in [5.74, 6) is 0.939. The van der Waals surface area contributed by atoms with Crippen molar-refractivity contribution in [2.45, 2.75) is 32.0 Å². The highest BCUT2D eigenvalue weighted by atomic mass is 16.2. The molecule has 0 aromatic heterocycles. The number of carbonyl (C=O) groups excluding carboxylic acids is 1. The molecule has 3 aliphatic heterocycles. The number of hydrogen-bond donors (Lipinski definition) is 0. The quantitative estimate of drug-likeness (QED) is 0.838. The Morgan fingerprint density at radius 1 is 1.00 bits per heavy atom. The second-order valence-electron chi connectivity index (χ2n) is 6.59. The fourth-order valence-corrected chi connectivity index (χ4v) is 3.63. The molecule has 2 saturated heterocycles. The van der Waals surface area contributed by atoms with Gasteiger partial charge in [0.15, 0.2) is 6.29 Å². The van der Waals surface area contributed by atoms with E-state index >= 15 is 0 Å². The van der Waals surface area contributed by atoms with Gasteiger partial charge in [-0.3, -0.25) is 14.6 Å². The van der Waals surface area contributed by atoms with Gasteiger partial charge in [-0.05, 0) is 37.8 Å². The fraction of sp³-hybridized carbons (Fsp3) is 0.474. The lowest BCUT2D eigenvalue weighted by Crippen LogP contribution is -2.49. The van der Waals surface area contributed by atoms with E-state index in [1.54, 1.807) is 4.90 Å². The molecule has 0 spiro atoms. The van der Waals surface area contributed by atoms with Crippen molar-refractivity contribution in [1.82, 2.24) is 14.7 Å². The molecule has 3 heterocycles. The minimum Gasteiger partial charge on any atom is -0.357 e. The molecule has 1 radical (unpaired) electrons. The van der Waals surface area contributed by atoms with Crippen molar-refractivity contribution in [1.29, 1.82) is 0 Å². The van der Waals surface area contributed by atoms with Crippen LogP contribution in [0.5, 0.6) is 0 Å². The van der Waals surface area contributed by atoms with Crippen molar-refractivity contribution < 1.29 is 4.79 Å². The zero-order valence-electron chi connectivity index (χ0n) is 13.9. The molecule has 1 aromatic carbocycles. The second kappa shape index (κ2) is 6.77. The van der Waals surface area contributed by atoms with E-state index in [-0.39, 0.29) is 12.2 Å². The molecule has 1 unspecified atom stereocenters. The second-order valence-corrected chi connectivity index (χ2v) is 6.59. The van der Waals surface area contributed by atoms with Gasteiger partial charge in [-0.15, -0.1) is 0 Å². The number of benzene rings is 1. The lowest BCUT2D eigenvalue weighted by Gasteiger charge is -2.36. The number of carbonyl (C=O) groups is 1. The van der Waals surface area contributed by atoms with Crippen LogP contribution in [0.25, 0.3) is 0 Å². The van der Waals surface area contributed by atoms with E-state index in [0.29, 0.717) is 5.56 Å². The van der Waals surface area contributed by atoms with Crippen LogP contribution in [0, 0.1) is 6.20 Å². The van der Waals surface area contributed by atoms with E-state index in [2.05, 4.69) is 16.0 Å². The Balaban J connectivity index is 1.61. The summed E-state index contributed by atoms with van der Waals surface area (Å²) in [7, 11) is 0. The average molecular weight is 323 g/mol. The van der Waals surface area contributed by atoms with Crippen molar-refractivity contribution >= 4 is 11.7 Å². The van der Waals surface area contributed by atoms with Crippen molar-refractivity contribution in [2.75, 3.05) is 26.2 Å². The monoisotopic (exact) mass is 323 g/mol. The summed E-state index contributed by atoms with van der Waals surface area (Å²) in [4.78, 5) is 24.1. The molecule has 0 N–H and O–H groups in total. The highest BCUT2D eigenvalue weighted by Gasteiger charge is 2.33. The Morgan fingerprint density at radius 3 is 2.38 bits per heavy atom. The number of nitrogens with zero attached hydrogens (tertiary/aromatic N) is 4. The van der Waals surface area contributed by atoms with Crippen molar-refractivity contribution in [3.63, 3.8) is 0 Å². The Hall–Kier alpha value is -2.14. The van der Waals surface area contributed by atoms with Crippen LogP contribution in [0.1, 0.15) is 36.0 Å². The van der Waals surface area contributed by atoms with Gasteiger partial charge in [0.1, 0.15) is 5.84 Å². The Kier molecular flexibility index (Phi) is 4.34. The van der Waals surface area contributed by atoms with Crippen LogP contribution >= 0.6 is 0 Å². The molecule has 4 rings (SSSR count). The number of hydrogen-bond acceptors (Lipinski definition) is 4. The third kappa shape index (κ3) is 2.96. The summed E-state index contributed by atoms with van der Waals surface area (Å²) in [6.07, 6.45) is 9.60. The maximum absolute atomic E-state index is 12.9. The minimum absolute atomic E-state index is 0.0343. The van der Waals surface area contributed by atoms with E-state index in [1.165, 1.54) is 25.7 Å². The van der Waals surface area contributed by atoms with Gasteiger partial charge in [0, 0.05) is 37.8 Å². The molecule has 1 amide bonds. The lowest BCUT2D eigenvalue weighted by atomic mass is 10.2. The Bertz CT molecular complexity index is 643. The SMILES string of the molecule is O=C(c1ccccc1)N1[C]=CC(N2CCCC2)=NC1N1CCCC1. The average Bonchev–Trinajstić information content (AvgIpc) is 3.35. The summed E-state index contributed by atoms with van der Waals surface area (Å²) < 4.78 is 0. The van der Waals surface area contributed by atoms with E-state index < -0.39 is 0 Å². The van der Waals surface area contributed by atoms with Crippen LogP contribution in [-0.4, -0.2) is 58.9 Å². The van der Waals surface area contributed by atoms with Gasteiger partial charge in [-0.25, -0.2) is 4.99 Å².